The third-order valence-electron chi connectivity index (χ3n) is 6.23. The van der Waals surface area contributed by atoms with Crippen molar-refractivity contribution in [1.29, 1.82) is 0 Å². The summed E-state index contributed by atoms with van der Waals surface area (Å²) in [7, 11) is -1.87. The first-order valence-electron chi connectivity index (χ1n) is 10.7. The molecule has 0 saturated carbocycles. The highest BCUT2D eigenvalue weighted by Gasteiger charge is 2.44. The number of rotatable bonds is 2. The predicted octanol–water partition coefficient (Wildman–Crippen LogP) is 5.24. The molecule has 2 atom stereocenters. The van der Waals surface area contributed by atoms with Gasteiger partial charge in [-0.25, -0.2) is 4.79 Å². The van der Waals surface area contributed by atoms with Gasteiger partial charge in [-0.05, 0) is 51.7 Å². The van der Waals surface area contributed by atoms with E-state index in [0.29, 0.717) is 17.5 Å². The number of fused-ring (bicyclic) bond motifs is 3. The Morgan fingerprint density at radius 3 is 2.47 bits per heavy atom. The van der Waals surface area contributed by atoms with E-state index in [1.807, 2.05) is 20.8 Å². The molecule has 2 unspecified atom stereocenters. The highest BCUT2D eigenvalue weighted by Crippen LogP contribution is 2.42. The molecule has 0 N–H and O–H groups in total. The minimum atomic E-state index is -1.87. The number of nitrogens with zero attached hydrogens (tertiary/aromatic N) is 4. The fourth-order valence-corrected chi connectivity index (χ4v) is 5.28. The summed E-state index contributed by atoms with van der Waals surface area (Å²) in [5.74, 6) is 0.508. The topological polar surface area (TPSA) is 67.8 Å². The minimum absolute atomic E-state index is 0.119. The lowest BCUT2D eigenvalue weighted by atomic mass is 9.96. The first-order valence-corrected chi connectivity index (χ1v) is 13.9. The van der Waals surface area contributed by atoms with Crippen LogP contribution in [0.5, 0.6) is 0 Å². The number of amides is 1. The van der Waals surface area contributed by atoms with Gasteiger partial charge in [-0.1, -0.05) is 32.4 Å². The largest absolute Gasteiger partial charge is 0.443 e. The molecule has 7 nitrogen and oxygen atoms in total. The van der Waals surface area contributed by atoms with Gasteiger partial charge in [0.25, 0.3) is 0 Å². The number of carbonyl (C=O) groups excluding carboxylic acids is 1. The molecule has 3 heterocycles. The van der Waals surface area contributed by atoms with E-state index in [1.54, 1.807) is 11.0 Å². The summed E-state index contributed by atoms with van der Waals surface area (Å²) in [6, 6.07) is 1.91. The lowest BCUT2D eigenvalue weighted by Crippen LogP contribution is -2.57. The van der Waals surface area contributed by atoms with Crippen molar-refractivity contribution in [1.82, 2.24) is 10.2 Å². The molecule has 1 aromatic rings. The Morgan fingerprint density at radius 1 is 1.20 bits per heavy atom. The van der Waals surface area contributed by atoms with Crippen molar-refractivity contribution in [3.63, 3.8) is 0 Å². The zero-order chi connectivity index (χ0) is 22.5. The number of hydrogen-bond donors (Lipinski definition) is 0. The number of halogens is 1. The van der Waals surface area contributed by atoms with Crippen molar-refractivity contribution < 1.29 is 14.0 Å². The van der Waals surface area contributed by atoms with E-state index < -0.39 is 20.0 Å². The van der Waals surface area contributed by atoms with Gasteiger partial charge >= 0.3 is 6.09 Å². The van der Waals surface area contributed by atoms with Gasteiger partial charge in [0, 0.05) is 24.8 Å². The molecule has 9 heteroatoms. The van der Waals surface area contributed by atoms with E-state index >= 15 is 0 Å². The summed E-state index contributed by atoms with van der Waals surface area (Å²) in [4.78, 5) is 16.8. The van der Waals surface area contributed by atoms with Gasteiger partial charge in [0.1, 0.15) is 5.60 Å². The molecule has 30 heavy (non-hydrogen) atoms. The second-order valence-corrected chi connectivity index (χ2v) is 16.0. The molecule has 168 valence electrons. The molecule has 2 aliphatic heterocycles. The van der Waals surface area contributed by atoms with Crippen LogP contribution >= 0.6 is 11.6 Å². The third kappa shape index (κ3) is 4.91. The maximum atomic E-state index is 12.9. The van der Waals surface area contributed by atoms with Crippen molar-refractivity contribution in [2.75, 3.05) is 22.9 Å². The molecule has 0 aliphatic carbocycles. The monoisotopic (exact) mass is 454 g/mol. The highest BCUT2D eigenvalue weighted by atomic mass is 35.5. The standard InChI is InChI=1S/C21H35ClN4O3Si/c1-20(2,3)28-19(27)26-13-14-11-15(29-30(7,8)21(4,5)6)9-10-25(14)16-12-17(22)23-24-18(16)26/h12,14-15H,9-11,13H2,1-8H3. The fraction of sp³-hybridized carbons (Fsp3) is 0.762. The van der Waals surface area contributed by atoms with Crippen LogP contribution in [0.3, 0.4) is 0 Å². The van der Waals surface area contributed by atoms with Crippen molar-refractivity contribution in [2.24, 2.45) is 0 Å². The van der Waals surface area contributed by atoms with Gasteiger partial charge < -0.3 is 14.1 Å². The summed E-state index contributed by atoms with van der Waals surface area (Å²) < 4.78 is 12.3. The van der Waals surface area contributed by atoms with Gasteiger partial charge in [0.2, 0.25) is 0 Å². The van der Waals surface area contributed by atoms with Crippen LogP contribution in [-0.2, 0) is 9.16 Å². The molecule has 0 aromatic carbocycles. The van der Waals surface area contributed by atoms with Gasteiger partial charge in [0.15, 0.2) is 19.3 Å². The normalized spacial score (nSPS) is 22.4. The summed E-state index contributed by atoms with van der Waals surface area (Å²) in [6.45, 7) is 18.3. The molecule has 0 radical (unpaired) electrons. The maximum Gasteiger partial charge on any atom is 0.416 e. The van der Waals surface area contributed by atoms with Crippen LogP contribution in [0.15, 0.2) is 6.07 Å². The number of carbonyl (C=O) groups is 1. The number of anilines is 2. The molecular weight excluding hydrogens is 420 g/mol. The Kier molecular flexibility index (Phi) is 6.17. The molecule has 1 amide bonds. The van der Waals surface area contributed by atoms with Crippen LogP contribution < -0.4 is 9.80 Å². The molecule has 1 aromatic heterocycles. The van der Waals surface area contributed by atoms with E-state index in [4.69, 9.17) is 20.8 Å². The van der Waals surface area contributed by atoms with Gasteiger partial charge in [-0.3, -0.25) is 4.90 Å². The zero-order valence-electron chi connectivity index (χ0n) is 19.5. The lowest BCUT2D eigenvalue weighted by molar-refractivity contribution is 0.0566. The minimum Gasteiger partial charge on any atom is -0.443 e. The average molecular weight is 455 g/mol. The molecular formula is C21H35ClN4O3Si. The molecule has 0 bridgehead atoms. The Morgan fingerprint density at radius 2 is 1.87 bits per heavy atom. The quantitative estimate of drug-likeness (QED) is 0.569. The van der Waals surface area contributed by atoms with E-state index in [0.717, 1.165) is 25.1 Å². The third-order valence-corrected chi connectivity index (χ3v) is 11.0. The average Bonchev–Trinajstić information content (AvgIpc) is 2.57. The first-order chi connectivity index (χ1) is 13.7. The lowest BCUT2D eigenvalue weighted by Gasteiger charge is -2.49. The van der Waals surface area contributed by atoms with Crippen LogP contribution in [0.4, 0.5) is 16.3 Å². The summed E-state index contributed by atoms with van der Waals surface area (Å²) in [5.41, 5.74) is 0.247. The Balaban J connectivity index is 1.86. The fourth-order valence-electron chi connectivity index (χ4n) is 3.74. The second-order valence-electron chi connectivity index (χ2n) is 10.8. The SMILES string of the molecule is CC(C)(C)OC(=O)N1CC2CC(O[Si](C)(C)C(C)(C)C)CCN2c2cc(Cl)nnc21. The van der Waals surface area contributed by atoms with Gasteiger partial charge in [-0.15, -0.1) is 10.2 Å². The van der Waals surface area contributed by atoms with Gasteiger partial charge in [0.05, 0.1) is 12.2 Å². The van der Waals surface area contributed by atoms with Crippen LogP contribution in [-0.4, -0.2) is 55.4 Å². The van der Waals surface area contributed by atoms with E-state index in [-0.39, 0.29) is 17.2 Å². The van der Waals surface area contributed by atoms with Crippen LogP contribution in [0.2, 0.25) is 23.3 Å². The summed E-state index contributed by atoms with van der Waals surface area (Å²) in [6.07, 6.45) is 1.56. The van der Waals surface area contributed by atoms with Crippen molar-refractivity contribution >= 4 is 37.5 Å². The second kappa shape index (κ2) is 7.95. The van der Waals surface area contributed by atoms with Crippen molar-refractivity contribution in [2.45, 2.75) is 90.3 Å². The van der Waals surface area contributed by atoms with Crippen LogP contribution in [0, 0.1) is 0 Å². The van der Waals surface area contributed by atoms with Crippen LogP contribution in [0.1, 0.15) is 54.4 Å². The number of aromatic nitrogens is 2. The van der Waals surface area contributed by atoms with Crippen LogP contribution in [0.25, 0.3) is 0 Å². The maximum absolute atomic E-state index is 12.9. The summed E-state index contributed by atoms with van der Waals surface area (Å²) >= 11 is 6.15. The predicted molar refractivity (Wildman–Crippen MR) is 123 cm³/mol. The molecule has 1 saturated heterocycles. The van der Waals surface area contributed by atoms with Gasteiger partial charge in [-0.2, -0.15) is 0 Å². The summed E-state index contributed by atoms with van der Waals surface area (Å²) in [5, 5.41) is 8.68. The number of piperidine rings is 1. The Bertz CT molecular complexity index is 806. The molecule has 3 rings (SSSR count). The Hall–Kier alpha value is -1.38. The van der Waals surface area contributed by atoms with E-state index in [2.05, 4.69) is 49.0 Å². The molecule has 2 aliphatic rings. The zero-order valence-corrected chi connectivity index (χ0v) is 21.2. The molecule has 1 fully saturated rings. The smallest absolute Gasteiger partial charge is 0.416 e. The first kappa shape index (κ1) is 23.3. The van der Waals surface area contributed by atoms with Crippen molar-refractivity contribution in [3.05, 3.63) is 11.2 Å². The number of hydrogen-bond acceptors (Lipinski definition) is 6. The van der Waals surface area contributed by atoms with E-state index in [9.17, 15) is 4.79 Å². The number of ether oxygens (including phenoxy) is 1. The van der Waals surface area contributed by atoms with E-state index in [1.165, 1.54) is 0 Å². The molecule has 0 spiro atoms. The van der Waals surface area contributed by atoms with Crippen molar-refractivity contribution in [3.8, 4) is 0 Å². The highest BCUT2D eigenvalue weighted by molar-refractivity contribution is 6.74. The Labute approximate surface area is 186 Å².